The quantitative estimate of drug-likeness (QED) is 0.252. The van der Waals surface area contributed by atoms with Gasteiger partial charge in [0.1, 0.15) is 5.82 Å². The van der Waals surface area contributed by atoms with E-state index < -0.39 is 0 Å². The van der Waals surface area contributed by atoms with E-state index in [9.17, 15) is 0 Å². The minimum atomic E-state index is 0.0587. The first-order chi connectivity index (χ1) is 16.7. The second kappa shape index (κ2) is 13.2. The molecule has 0 bridgehead atoms. The van der Waals surface area contributed by atoms with Gasteiger partial charge in [-0.1, -0.05) is 18.2 Å². The Morgan fingerprint density at radius 2 is 1.50 bits per heavy atom. The van der Waals surface area contributed by atoms with E-state index in [4.69, 9.17) is 9.47 Å². The summed E-state index contributed by atoms with van der Waals surface area (Å²) < 4.78 is 26.3. The Hall–Kier alpha value is -1.19. The van der Waals surface area contributed by atoms with Gasteiger partial charge in [0.25, 0.3) is 0 Å². The smallest absolute Gasteiger partial charge is 0.126 e. The SMILES string of the molecule is C=CCCC1CCC(c2ccc(C3CCC(C4CCC(OCCOC)CC4)CC3)c(F)c2)CC1. The van der Waals surface area contributed by atoms with E-state index in [-0.39, 0.29) is 5.82 Å². The topological polar surface area (TPSA) is 18.5 Å². The van der Waals surface area contributed by atoms with Crippen molar-refractivity contribution in [3.63, 3.8) is 0 Å². The summed E-state index contributed by atoms with van der Waals surface area (Å²) in [5.74, 6) is 3.53. The molecule has 0 heterocycles. The van der Waals surface area contributed by atoms with Crippen molar-refractivity contribution in [2.75, 3.05) is 20.3 Å². The highest BCUT2D eigenvalue weighted by atomic mass is 19.1. The maximum Gasteiger partial charge on any atom is 0.126 e. The molecule has 3 fully saturated rings. The first-order valence-electron chi connectivity index (χ1n) is 14.2. The van der Waals surface area contributed by atoms with Crippen LogP contribution in [0.2, 0.25) is 0 Å². The van der Waals surface area contributed by atoms with Crippen LogP contribution in [-0.2, 0) is 9.47 Å². The zero-order valence-corrected chi connectivity index (χ0v) is 21.5. The third-order valence-electron chi connectivity index (χ3n) is 9.36. The molecule has 0 radical (unpaired) electrons. The van der Waals surface area contributed by atoms with Crippen LogP contribution >= 0.6 is 0 Å². The van der Waals surface area contributed by atoms with Crippen LogP contribution in [0.5, 0.6) is 0 Å². The van der Waals surface area contributed by atoms with Crippen molar-refractivity contribution in [1.29, 1.82) is 0 Å². The lowest BCUT2D eigenvalue weighted by Gasteiger charge is -2.38. The Bertz CT molecular complexity index is 738. The van der Waals surface area contributed by atoms with Gasteiger partial charge >= 0.3 is 0 Å². The Kier molecular flexibility index (Phi) is 10.1. The Morgan fingerprint density at radius 3 is 2.12 bits per heavy atom. The van der Waals surface area contributed by atoms with E-state index in [1.54, 1.807) is 7.11 Å². The molecule has 0 aromatic heterocycles. The van der Waals surface area contributed by atoms with Crippen LogP contribution in [0.25, 0.3) is 0 Å². The average Bonchev–Trinajstić information content (AvgIpc) is 2.88. The third-order valence-corrected chi connectivity index (χ3v) is 9.36. The monoisotopic (exact) mass is 470 g/mol. The van der Waals surface area contributed by atoms with Crippen LogP contribution in [-0.4, -0.2) is 26.4 Å². The Labute approximate surface area is 207 Å². The summed E-state index contributed by atoms with van der Waals surface area (Å²) in [4.78, 5) is 0. The van der Waals surface area contributed by atoms with E-state index in [0.29, 0.717) is 24.5 Å². The lowest BCUT2D eigenvalue weighted by atomic mass is 9.69. The Morgan fingerprint density at radius 1 is 0.853 bits per heavy atom. The molecule has 0 spiro atoms. The predicted octanol–water partition coefficient (Wildman–Crippen LogP) is 8.56. The second-order valence-corrected chi connectivity index (χ2v) is 11.4. The normalized spacial score (nSPS) is 32.4. The zero-order chi connectivity index (χ0) is 23.8. The molecule has 1 aromatic carbocycles. The van der Waals surface area contributed by atoms with E-state index in [2.05, 4.69) is 18.7 Å². The van der Waals surface area contributed by atoms with Crippen LogP contribution in [0, 0.1) is 23.6 Å². The summed E-state index contributed by atoms with van der Waals surface area (Å²) in [7, 11) is 1.73. The van der Waals surface area contributed by atoms with Crippen molar-refractivity contribution < 1.29 is 13.9 Å². The maximum absolute atomic E-state index is 15.2. The molecule has 0 saturated heterocycles. The molecule has 3 aliphatic rings. The number of benzene rings is 1. The average molecular weight is 471 g/mol. The summed E-state index contributed by atoms with van der Waals surface area (Å²) in [6.07, 6.45) is 19.7. The van der Waals surface area contributed by atoms with Gasteiger partial charge in [0, 0.05) is 7.11 Å². The van der Waals surface area contributed by atoms with Gasteiger partial charge in [0.2, 0.25) is 0 Å². The molecule has 1 aromatic rings. The van der Waals surface area contributed by atoms with E-state index >= 15 is 4.39 Å². The number of hydrogen-bond acceptors (Lipinski definition) is 2. The summed E-state index contributed by atoms with van der Waals surface area (Å²) >= 11 is 0. The van der Waals surface area contributed by atoms with Gasteiger partial charge in [0.05, 0.1) is 19.3 Å². The number of methoxy groups -OCH3 is 1. The molecular weight excluding hydrogens is 423 g/mol. The molecule has 0 aliphatic heterocycles. The number of rotatable bonds is 10. The van der Waals surface area contributed by atoms with Crippen LogP contribution in [0.4, 0.5) is 4.39 Å². The van der Waals surface area contributed by atoms with Crippen molar-refractivity contribution in [3.05, 3.63) is 47.8 Å². The summed E-state index contributed by atoms with van der Waals surface area (Å²) in [6, 6.07) is 6.28. The van der Waals surface area contributed by atoms with Crippen molar-refractivity contribution in [2.24, 2.45) is 17.8 Å². The number of hydrogen-bond donors (Lipinski definition) is 0. The van der Waals surface area contributed by atoms with E-state index in [1.807, 2.05) is 12.1 Å². The van der Waals surface area contributed by atoms with Crippen LogP contribution in [0.1, 0.15) is 113 Å². The van der Waals surface area contributed by atoms with Crippen LogP contribution in [0.15, 0.2) is 30.9 Å². The van der Waals surface area contributed by atoms with Gasteiger partial charge in [-0.2, -0.15) is 0 Å². The fourth-order valence-corrected chi connectivity index (χ4v) is 7.19. The molecule has 2 nitrogen and oxygen atoms in total. The van der Waals surface area contributed by atoms with Gasteiger partial charge in [-0.3, -0.25) is 0 Å². The van der Waals surface area contributed by atoms with E-state index in [1.165, 1.54) is 76.2 Å². The molecule has 0 atom stereocenters. The molecule has 0 N–H and O–H groups in total. The first kappa shape index (κ1) is 25.9. The maximum atomic E-state index is 15.2. The first-order valence-corrected chi connectivity index (χ1v) is 14.2. The number of halogens is 1. The second-order valence-electron chi connectivity index (χ2n) is 11.4. The lowest BCUT2D eigenvalue weighted by molar-refractivity contribution is -0.0142. The largest absolute Gasteiger partial charge is 0.382 e. The fraction of sp³-hybridized carbons (Fsp3) is 0.742. The third kappa shape index (κ3) is 6.94. The van der Waals surface area contributed by atoms with Gasteiger partial charge in [-0.05, 0) is 137 Å². The number of allylic oxidation sites excluding steroid dienone is 1. The molecule has 3 aliphatic carbocycles. The highest BCUT2D eigenvalue weighted by Gasteiger charge is 2.32. The minimum Gasteiger partial charge on any atom is -0.382 e. The standard InChI is InChI=1S/C31H47FO2/c1-3-4-5-23-6-8-26(9-7-23)28-16-19-30(31(32)22-28)27-12-10-24(11-13-27)25-14-17-29(18-15-25)34-21-20-33-2/h3,16,19,22-27,29H,1,4-15,17-18,20-21H2,2H3. The minimum absolute atomic E-state index is 0.0587. The van der Waals surface area contributed by atoms with Gasteiger partial charge in [0.15, 0.2) is 0 Å². The summed E-state index contributed by atoms with van der Waals surface area (Å²) in [5, 5.41) is 0. The van der Waals surface area contributed by atoms with Crippen molar-refractivity contribution >= 4 is 0 Å². The molecular formula is C31H47FO2. The van der Waals surface area contributed by atoms with Gasteiger partial charge in [-0.15, -0.1) is 6.58 Å². The zero-order valence-electron chi connectivity index (χ0n) is 21.5. The fourth-order valence-electron chi connectivity index (χ4n) is 7.19. The highest BCUT2D eigenvalue weighted by molar-refractivity contribution is 5.30. The van der Waals surface area contributed by atoms with Crippen molar-refractivity contribution in [3.8, 4) is 0 Å². The van der Waals surface area contributed by atoms with Crippen LogP contribution < -0.4 is 0 Å². The summed E-state index contributed by atoms with van der Waals surface area (Å²) in [6.45, 7) is 5.27. The van der Waals surface area contributed by atoms with Crippen molar-refractivity contribution in [2.45, 2.75) is 108 Å². The molecule has 3 heteroatoms. The molecule has 3 saturated carbocycles. The molecule has 0 unspecified atom stereocenters. The molecule has 34 heavy (non-hydrogen) atoms. The molecule has 0 amide bonds. The van der Waals surface area contributed by atoms with Gasteiger partial charge in [-0.25, -0.2) is 4.39 Å². The van der Waals surface area contributed by atoms with Gasteiger partial charge < -0.3 is 9.47 Å². The molecule has 4 rings (SSSR count). The predicted molar refractivity (Wildman–Crippen MR) is 139 cm³/mol. The highest BCUT2D eigenvalue weighted by Crippen LogP contribution is 2.44. The Balaban J connectivity index is 1.22. The summed E-state index contributed by atoms with van der Waals surface area (Å²) in [5.41, 5.74) is 2.22. The van der Waals surface area contributed by atoms with E-state index in [0.717, 1.165) is 49.2 Å². The lowest BCUT2D eigenvalue weighted by Crippen LogP contribution is -2.29. The molecule has 190 valence electrons. The van der Waals surface area contributed by atoms with Crippen LogP contribution in [0.3, 0.4) is 0 Å². The number of ether oxygens (including phenoxy) is 2. The van der Waals surface area contributed by atoms with Crippen molar-refractivity contribution in [1.82, 2.24) is 0 Å².